The highest BCUT2D eigenvalue weighted by Gasteiger charge is 2.32. The molecule has 0 radical (unpaired) electrons. The Kier molecular flexibility index (Phi) is 6.54. The van der Waals surface area contributed by atoms with E-state index in [2.05, 4.69) is 49.9 Å². The molecule has 1 heterocycles. The number of rotatable bonds is 6. The van der Waals surface area contributed by atoms with Crippen molar-refractivity contribution in [1.82, 2.24) is 4.90 Å². The molecule has 1 N–H and O–H groups in total. The van der Waals surface area contributed by atoms with E-state index < -0.39 is 6.10 Å². The maximum absolute atomic E-state index is 10.5. The van der Waals surface area contributed by atoms with Crippen LogP contribution in [-0.2, 0) is 17.7 Å². The predicted octanol–water partition coefficient (Wildman–Crippen LogP) is 3.88. The molecule has 0 aromatic heterocycles. The molecule has 0 spiro atoms. The molecule has 1 saturated carbocycles. The van der Waals surface area contributed by atoms with Gasteiger partial charge < -0.3 is 9.84 Å². The third-order valence-electron chi connectivity index (χ3n) is 6.14. The van der Waals surface area contributed by atoms with Crippen molar-refractivity contribution in [2.75, 3.05) is 19.7 Å². The van der Waals surface area contributed by atoms with E-state index in [4.69, 9.17) is 4.74 Å². The Labute approximate surface area is 153 Å². The van der Waals surface area contributed by atoms with Crippen molar-refractivity contribution in [2.24, 2.45) is 17.8 Å². The average Bonchev–Trinajstić information content (AvgIpc) is 2.59. The van der Waals surface area contributed by atoms with Gasteiger partial charge in [-0.25, -0.2) is 0 Å². The van der Waals surface area contributed by atoms with Crippen LogP contribution in [0.4, 0.5) is 0 Å². The Balaban J connectivity index is 1.47. The summed E-state index contributed by atoms with van der Waals surface area (Å²) in [6.45, 7) is 10.1. The topological polar surface area (TPSA) is 32.7 Å². The van der Waals surface area contributed by atoms with Crippen molar-refractivity contribution in [2.45, 2.75) is 65.2 Å². The quantitative estimate of drug-likeness (QED) is 0.849. The molecule has 140 valence electrons. The third kappa shape index (κ3) is 5.06. The molecule has 4 atom stereocenters. The van der Waals surface area contributed by atoms with Gasteiger partial charge in [0.15, 0.2) is 0 Å². The van der Waals surface area contributed by atoms with Crippen LogP contribution in [0.3, 0.4) is 0 Å². The summed E-state index contributed by atoms with van der Waals surface area (Å²) >= 11 is 0. The fraction of sp³-hybridized carbons (Fsp3) is 0.727. The minimum absolute atomic E-state index is 0.320. The van der Waals surface area contributed by atoms with Crippen molar-refractivity contribution in [3.05, 3.63) is 35.4 Å². The summed E-state index contributed by atoms with van der Waals surface area (Å²) in [6, 6.07) is 8.66. The van der Waals surface area contributed by atoms with Gasteiger partial charge >= 0.3 is 0 Å². The lowest BCUT2D eigenvalue weighted by molar-refractivity contribution is -0.0744. The van der Waals surface area contributed by atoms with Gasteiger partial charge in [-0.15, -0.1) is 0 Å². The molecule has 1 fully saturated rings. The first-order valence-corrected chi connectivity index (χ1v) is 10.1. The lowest BCUT2D eigenvalue weighted by Crippen LogP contribution is -2.41. The van der Waals surface area contributed by atoms with Gasteiger partial charge in [0, 0.05) is 19.6 Å². The molecule has 1 aliphatic heterocycles. The molecule has 3 rings (SSSR count). The molecule has 0 saturated heterocycles. The zero-order valence-electron chi connectivity index (χ0n) is 16.2. The second kappa shape index (κ2) is 8.66. The van der Waals surface area contributed by atoms with Crippen molar-refractivity contribution in [3.8, 4) is 0 Å². The molecule has 2 aliphatic rings. The van der Waals surface area contributed by atoms with E-state index in [0.29, 0.717) is 31.1 Å². The smallest absolute Gasteiger partial charge is 0.0900 e. The van der Waals surface area contributed by atoms with Crippen LogP contribution in [0.1, 0.15) is 51.2 Å². The van der Waals surface area contributed by atoms with Crippen LogP contribution < -0.4 is 0 Å². The Morgan fingerprint density at radius 3 is 2.72 bits per heavy atom. The highest BCUT2D eigenvalue weighted by Crippen LogP contribution is 2.35. The van der Waals surface area contributed by atoms with Gasteiger partial charge in [-0.05, 0) is 48.1 Å². The van der Waals surface area contributed by atoms with Crippen LogP contribution in [-0.4, -0.2) is 41.9 Å². The van der Waals surface area contributed by atoms with E-state index in [0.717, 1.165) is 31.8 Å². The van der Waals surface area contributed by atoms with E-state index in [-0.39, 0.29) is 0 Å². The number of β-amino-alcohol motifs (C(OH)–C–C–N with tert-alkyl or cyclic N) is 1. The number of aliphatic hydroxyl groups is 1. The standard InChI is InChI=1S/C22H35NO2/c1-16(2)21-9-8-17(3)12-22(21)25-15-20(24)14-23-11-10-18-6-4-5-7-19(18)13-23/h4-7,16-17,20-22,24H,8-15H2,1-3H3/t17-,20+,21-,22+/m1/s1. The van der Waals surface area contributed by atoms with Gasteiger partial charge in [-0.3, -0.25) is 4.90 Å². The first-order valence-electron chi connectivity index (χ1n) is 10.1. The normalized spacial score (nSPS) is 28.8. The highest BCUT2D eigenvalue weighted by molar-refractivity contribution is 5.29. The zero-order valence-corrected chi connectivity index (χ0v) is 16.2. The number of aliphatic hydroxyl groups excluding tert-OH is 1. The Hall–Kier alpha value is -0.900. The molecule has 0 bridgehead atoms. The van der Waals surface area contributed by atoms with Gasteiger partial charge in [0.1, 0.15) is 0 Å². The van der Waals surface area contributed by atoms with Gasteiger partial charge in [0.05, 0.1) is 18.8 Å². The van der Waals surface area contributed by atoms with Crippen molar-refractivity contribution >= 4 is 0 Å². The molecule has 1 aromatic carbocycles. The van der Waals surface area contributed by atoms with Crippen molar-refractivity contribution < 1.29 is 9.84 Å². The number of hydrogen-bond donors (Lipinski definition) is 1. The van der Waals surface area contributed by atoms with Gasteiger partial charge in [-0.2, -0.15) is 0 Å². The summed E-state index contributed by atoms with van der Waals surface area (Å²) < 4.78 is 6.22. The van der Waals surface area contributed by atoms with Gasteiger partial charge in [0.25, 0.3) is 0 Å². The summed E-state index contributed by atoms with van der Waals surface area (Å²) in [7, 11) is 0. The molecule has 3 heteroatoms. The van der Waals surface area contributed by atoms with Crippen LogP contribution in [0.25, 0.3) is 0 Å². The minimum atomic E-state index is -0.393. The summed E-state index contributed by atoms with van der Waals surface area (Å²) in [5.74, 6) is 2.05. The lowest BCUT2D eigenvalue weighted by Gasteiger charge is -2.38. The monoisotopic (exact) mass is 345 g/mol. The second-order valence-electron chi connectivity index (χ2n) is 8.61. The number of benzene rings is 1. The third-order valence-corrected chi connectivity index (χ3v) is 6.14. The molecule has 0 unspecified atom stereocenters. The van der Waals surface area contributed by atoms with Gasteiger partial charge in [-0.1, -0.05) is 51.5 Å². The maximum atomic E-state index is 10.5. The SMILES string of the molecule is CC(C)[C@H]1CC[C@@H](C)C[C@@H]1OC[C@@H](O)CN1CCc2ccccc2C1. The minimum Gasteiger partial charge on any atom is -0.389 e. The summed E-state index contributed by atoms with van der Waals surface area (Å²) in [5.41, 5.74) is 2.86. The molecule has 3 nitrogen and oxygen atoms in total. The summed E-state index contributed by atoms with van der Waals surface area (Å²) in [5, 5.41) is 10.5. The fourth-order valence-corrected chi connectivity index (χ4v) is 4.60. The van der Waals surface area contributed by atoms with Crippen molar-refractivity contribution in [1.29, 1.82) is 0 Å². The van der Waals surface area contributed by atoms with Crippen LogP contribution in [0, 0.1) is 17.8 Å². The van der Waals surface area contributed by atoms with E-state index >= 15 is 0 Å². The van der Waals surface area contributed by atoms with Crippen LogP contribution >= 0.6 is 0 Å². The van der Waals surface area contributed by atoms with Crippen LogP contribution in [0.15, 0.2) is 24.3 Å². The van der Waals surface area contributed by atoms with Crippen LogP contribution in [0.2, 0.25) is 0 Å². The van der Waals surface area contributed by atoms with Crippen molar-refractivity contribution in [3.63, 3.8) is 0 Å². The Bertz CT molecular complexity index is 545. The average molecular weight is 346 g/mol. The van der Waals surface area contributed by atoms with E-state index in [1.165, 1.54) is 24.0 Å². The highest BCUT2D eigenvalue weighted by atomic mass is 16.5. The molecule has 0 amide bonds. The number of nitrogens with zero attached hydrogens (tertiary/aromatic N) is 1. The number of hydrogen-bond acceptors (Lipinski definition) is 3. The molecule has 1 aromatic rings. The molecular weight excluding hydrogens is 310 g/mol. The van der Waals surface area contributed by atoms with Crippen LogP contribution in [0.5, 0.6) is 0 Å². The lowest BCUT2D eigenvalue weighted by atomic mass is 9.75. The number of fused-ring (bicyclic) bond motifs is 1. The Morgan fingerprint density at radius 1 is 1.20 bits per heavy atom. The predicted molar refractivity (Wildman–Crippen MR) is 103 cm³/mol. The maximum Gasteiger partial charge on any atom is 0.0900 e. The van der Waals surface area contributed by atoms with E-state index in [1.807, 2.05) is 0 Å². The largest absolute Gasteiger partial charge is 0.389 e. The molecule has 25 heavy (non-hydrogen) atoms. The summed E-state index contributed by atoms with van der Waals surface area (Å²) in [4.78, 5) is 2.36. The molecule has 1 aliphatic carbocycles. The molecular formula is C22H35NO2. The van der Waals surface area contributed by atoms with E-state index in [9.17, 15) is 5.11 Å². The first-order chi connectivity index (χ1) is 12.0. The first kappa shape index (κ1) is 18.9. The van der Waals surface area contributed by atoms with E-state index in [1.54, 1.807) is 0 Å². The number of ether oxygens (including phenoxy) is 1. The second-order valence-corrected chi connectivity index (χ2v) is 8.61. The summed E-state index contributed by atoms with van der Waals surface area (Å²) in [6.07, 6.45) is 4.74. The zero-order chi connectivity index (χ0) is 17.8. The van der Waals surface area contributed by atoms with Gasteiger partial charge in [0.2, 0.25) is 0 Å². The fourth-order valence-electron chi connectivity index (χ4n) is 4.60. The Morgan fingerprint density at radius 2 is 1.96 bits per heavy atom.